The summed E-state index contributed by atoms with van der Waals surface area (Å²) >= 11 is 0. The summed E-state index contributed by atoms with van der Waals surface area (Å²) in [5, 5.41) is 7.85. The Bertz CT molecular complexity index is 462. The molecule has 0 saturated carbocycles. The highest BCUT2D eigenvalue weighted by Gasteiger charge is 2.07. The molecule has 1 aromatic carbocycles. The Morgan fingerprint density at radius 1 is 1.17 bits per heavy atom. The fraction of sp³-hybridized carbons (Fsp3) is 0.400. The molecule has 0 aliphatic carbocycles. The third kappa shape index (κ3) is 3.20. The van der Waals surface area contributed by atoms with Crippen molar-refractivity contribution in [1.82, 2.24) is 15.1 Å². The van der Waals surface area contributed by atoms with E-state index in [4.69, 9.17) is 0 Å². The summed E-state index contributed by atoms with van der Waals surface area (Å²) in [6, 6.07) is 13.0. The molecule has 2 aromatic rings. The van der Waals surface area contributed by atoms with E-state index in [1.165, 1.54) is 11.3 Å². The van der Waals surface area contributed by atoms with E-state index in [-0.39, 0.29) is 0 Å². The minimum atomic E-state index is 0.466. The second kappa shape index (κ2) is 6.36. The molecule has 0 aliphatic rings. The Balaban J connectivity index is 1.89. The molecule has 0 radical (unpaired) electrons. The number of rotatable bonds is 6. The van der Waals surface area contributed by atoms with Crippen molar-refractivity contribution in [2.45, 2.75) is 39.4 Å². The fourth-order valence-electron chi connectivity index (χ4n) is 1.98. The molecule has 0 amide bonds. The molecule has 1 atom stereocenters. The second-order valence-corrected chi connectivity index (χ2v) is 4.61. The minimum absolute atomic E-state index is 0.466. The first-order valence-electron chi connectivity index (χ1n) is 6.58. The summed E-state index contributed by atoms with van der Waals surface area (Å²) in [5.74, 6) is 0. The third-order valence-corrected chi connectivity index (χ3v) is 3.24. The van der Waals surface area contributed by atoms with Gasteiger partial charge in [0.25, 0.3) is 0 Å². The first-order valence-corrected chi connectivity index (χ1v) is 6.58. The van der Waals surface area contributed by atoms with Gasteiger partial charge in [0.1, 0.15) is 0 Å². The van der Waals surface area contributed by atoms with E-state index < -0.39 is 0 Å². The van der Waals surface area contributed by atoms with Gasteiger partial charge in [0.2, 0.25) is 0 Å². The van der Waals surface area contributed by atoms with Crippen LogP contribution in [0, 0.1) is 0 Å². The van der Waals surface area contributed by atoms with Crippen LogP contribution >= 0.6 is 0 Å². The Labute approximate surface area is 109 Å². The third-order valence-electron chi connectivity index (χ3n) is 3.24. The van der Waals surface area contributed by atoms with Gasteiger partial charge >= 0.3 is 0 Å². The first kappa shape index (κ1) is 12.8. The molecule has 1 aromatic heterocycles. The maximum atomic E-state index is 4.39. The van der Waals surface area contributed by atoms with Gasteiger partial charge in [0, 0.05) is 25.3 Å². The van der Waals surface area contributed by atoms with E-state index in [1.807, 2.05) is 12.3 Å². The molecule has 1 unspecified atom stereocenters. The van der Waals surface area contributed by atoms with Crippen LogP contribution in [0.15, 0.2) is 42.6 Å². The quantitative estimate of drug-likeness (QED) is 0.844. The Kier molecular flexibility index (Phi) is 4.53. The fourth-order valence-corrected chi connectivity index (χ4v) is 1.98. The zero-order valence-corrected chi connectivity index (χ0v) is 11.1. The van der Waals surface area contributed by atoms with Crippen molar-refractivity contribution < 1.29 is 0 Å². The summed E-state index contributed by atoms with van der Waals surface area (Å²) < 4.78 is 2.11. The van der Waals surface area contributed by atoms with Crippen molar-refractivity contribution in [3.63, 3.8) is 0 Å². The zero-order valence-electron chi connectivity index (χ0n) is 11.1. The van der Waals surface area contributed by atoms with Gasteiger partial charge in [-0.2, -0.15) is 5.10 Å². The van der Waals surface area contributed by atoms with Crippen LogP contribution in [0.2, 0.25) is 0 Å². The van der Waals surface area contributed by atoms with Crippen LogP contribution in [0.5, 0.6) is 0 Å². The molecule has 96 valence electrons. The molecule has 0 spiro atoms. The topological polar surface area (TPSA) is 29.9 Å². The lowest BCUT2D eigenvalue weighted by atomic mass is 10.2. The molecule has 0 fully saturated rings. The first-order chi connectivity index (χ1) is 8.81. The molecular weight excluding hydrogens is 222 g/mol. The standard InChI is InChI=1S/C15H21N3/c1-3-13(2)18-15(9-10-17-18)12-16-11-14-7-5-4-6-8-14/h4-10,13,16H,3,11-12H2,1-2H3. The molecule has 0 saturated heterocycles. The van der Waals surface area contributed by atoms with Crippen LogP contribution in [0.1, 0.15) is 37.6 Å². The van der Waals surface area contributed by atoms with Crippen LogP contribution in [-0.2, 0) is 13.1 Å². The molecule has 2 rings (SSSR count). The van der Waals surface area contributed by atoms with Crippen LogP contribution < -0.4 is 5.32 Å². The molecule has 1 heterocycles. The molecule has 3 nitrogen and oxygen atoms in total. The summed E-state index contributed by atoms with van der Waals surface area (Å²) in [7, 11) is 0. The van der Waals surface area contributed by atoms with Gasteiger partial charge in [-0.1, -0.05) is 37.3 Å². The molecule has 1 N–H and O–H groups in total. The lowest BCUT2D eigenvalue weighted by Gasteiger charge is -2.14. The summed E-state index contributed by atoms with van der Waals surface area (Å²) in [6.45, 7) is 6.15. The van der Waals surface area contributed by atoms with Crippen LogP contribution in [0.25, 0.3) is 0 Å². The van der Waals surface area contributed by atoms with Crippen molar-refractivity contribution in [2.24, 2.45) is 0 Å². The van der Waals surface area contributed by atoms with Gasteiger partial charge in [-0.05, 0) is 25.0 Å². The van der Waals surface area contributed by atoms with Gasteiger partial charge in [0.15, 0.2) is 0 Å². The molecular formula is C15H21N3. The minimum Gasteiger partial charge on any atom is -0.307 e. The summed E-state index contributed by atoms with van der Waals surface area (Å²) in [4.78, 5) is 0. The molecule has 0 bridgehead atoms. The Morgan fingerprint density at radius 2 is 1.94 bits per heavy atom. The summed E-state index contributed by atoms with van der Waals surface area (Å²) in [5.41, 5.74) is 2.56. The number of benzene rings is 1. The van der Waals surface area contributed by atoms with Gasteiger partial charge in [-0.25, -0.2) is 0 Å². The second-order valence-electron chi connectivity index (χ2n) is 4.61. The maximum absolute atomic E-state index is 4.39. The average molecular weight is 243 g/mol. The SMILES string of the molecule is CCC(C)n1nccc1CNCc1ccccc1. The van der Waals surface area contributed by atoms with E-state index >= 15 is 0 Å². The van der Waals surface area contributed by atoms with E-state index in [9.17, 15) is 0 Å². The number of nitrogens with zero attached hydrogens (tertiary/aromatic N) is 2. The maximum Gasteiger partial charge on any atom is 0.0525 e. The molecule has 18 heavy (non-hydrogen) atoms. The van der Waals surface area contributed by atoms with Gasteiger partial charge in [-0.3, -0.25) is 4.68 Å². The number of aromatic nitrogens is 2. The van der Waals surface area contributed by atoms with E-state index in [0.717, 1.165) is 19.5 Å². The predicted octanol–water partition coefficient (Wildman–Crippen LogP) is 3.14. The smallest absolute Gasteiger partial charge is 0.0525 e. The van der Waals surface area contributed by atoms with Crippen molar-refractivity contribution in [1.29, 1.82) is 0 Å². The van der Waals surface area contributed by atoms with Gasteiger partial charge in [-0.15, -0.1) is 0 Å². The van der Waals surface area contributed by atoms with Crippen LogP contribution in [0.3, 0.4) is 0 Å². The Morgan fingerprint density at radius 3 is 2.67 bits per heavy atom. The monoisotopic (exact) mass is 243 g/mol. The number of hydrogen-bond donors (Lipinski definition) is 1. The largest absolute Gasteiger partial charge is 0.307 e. The molecule has 0 aliphatic heterocycles. The van der Waals surface area contributed by atoms with Crippen LogP contribution in [0.4, 0.5) is 0 Å². The lowest BCUT2D eigenvalue weighted by Crippen LogP contribution is -2.18. The molecule has 3 heteroatoms. The zero-order chi connectivity index (χ0) is 12.8. The van der Waals surface area contributed by atoms with E-state index in [2.05, 4.69) is 59.3 Å². The van der Waals surface area contributed by atoms with E-state index in [0.29, 0.717) is 6.04 Å². The number of hydrogen-bond acceptors (Lipinski definition) is 2. The highest BCUT2D eigenvalue weighted by atomic mass is 15.3. The highest BCUT2D eigenvalue weighted by Crippen LogP contribution is 2.12. The van der Waals surface area contributed by atoms with Crippen molar-refractivity contribution in [2.75, 3.05) is 0 Å². The summed E-state index contributed by atoms with van der Waals surface area (Å²) in [6.07, 6.45) is 2.99. The number of nitrogens with one attached hydrogen (secondary N) is 1. The highest BCUT2D eigenvalue weighted by molar-refractivity contribution is 5.14. The van der Waals surface area contributed by atoms with Crippen molar-refractivity contribution >= 4 is 0 Å². The van der Waals surface area contributed by atoms with E-state index in [1.54, 1.807) is 0 Å². The van der Waals surface area contributed by atoms with Crippen molar-refractivity contribution in [3.05, 3.63) is 53.9 Å². The predicted molar refractivity (Wildman–Crippen MR) is 74.2 cm³/mol. The lowest BCUT2D eigenvalue weighted by molar-refractivity contribution is 0.451. The van der Waals surface area contributed by atoms with Crippen molar-refractivity contribution in [3.8, 4) is 0 Å². The van der Waals surface area contributed by atoms with Crippen LogP contribution in [-0.4, -0.2) is 9.78 Å². The average Bonchev–Trinajstić information content (AvgIpc) is 2.87. The van der Waals surface area contributed by atoms with Gasteiger partial charge < -0.3 is 5.32 Å². The van der Waals surface area contributed by atoms with Gasteiger partial charge in [0.05, 0.1) is 5.69 Å². The normalized spacial score (nSPS) is 12.6. The Hall–Kier alpha value is -1.61.